The Morgan fingerprint density at radius 1 is 0.967 bits per heavy atom. The van der Waals surface area contributed by atoms with E-state index in [9.17, 15) is 10.1 Å². The number of amides is 1. The van der Waals surface area contributed by atoms with Gasteiger partial charge in [-0.25, -0.2) is 0 Å². The van der Waals surface area contributed by atoms with Crippen LogP contribution in [0, 0.1) is 11.3 Å². The Morgan fingerprint density at radius 3 is 2.33 bits per heavy atom. The predicted octanol–water partition coefficient (Wildman–Crippen LogP) is 5.21. The van der Waals surface area contributed by atoms with Crippen LogP contribution in [0.2, 0.25) is 0 Å². The summed E-state index contributed by atoms with van der Waals surface area (Å²) in [6, 6.07) is 26.1. The first-order valence-corrected chi connectivity index (χ1v) is 9.61. The number of para-hydroxylation sites is 1. The second-order valence-electron chi connectivity index (χ2n) is 6.40. The van der Waals surface area contributed by atoms with Crippen molar-refractivity contribution in [2.45, 2.75) is 13.5 Å². The molecule has 5 heteroatoms. The van der Waals surface area contributed by atoms with E-state index in [2.05, 4.69) is 5.32 Å². The van der Waals surface area contributed by atoms with Gasteiger partial charge in [0.15, 0.2) is 11.5 Å². The van der Waals surface area contributed by atoms with Gasteiger partial charge in [0, 0.05) is 5.69 Å². The van der Waals surface area contributed by atoms with Crippen molar-refractivity contribution in [3.8, 4) is 17.6 Å². The van der Waals surface area contributed by atoms with Crippen LogP contribution in [-0.2, 0) is 11.4 Å². The van der Waals surface area contributed by atoms with E-state index in [-0.39, 0.29) is 5.57 Å². The van der Waals surface area contributed by atoms with Gasteiger partial charge in [-0.1, -0.05) is 54.6 Å². The Balaban J connectivity index is 1.78. The van der Waals surface area contributed by atoms with E-state index in [1.807, 2.05) is 61.5 Å². The minimum Gasteiger partial charge on any atom is -0.490 e. The predicted molar refractivity (Wildman–Crippen MR) is 117 cm³/mol. The smallest absolute Gasteiger partial charge is 0.266 e. The van der Waals surface area contributed by atoms with Crippen LogP contribution in [0.5, 0.6) is 11.5 Å². The van der Waals surface area contributed by atoms with Crippen LogP contribution < -0.4 is 14.8 Å². The van der Waals surface area contributed by atoms with Gasteiger partial charge >= 0.3 is 0 Å². The van der Waals surface area contributed by atoms with Crippen molar-refractivity contribution in [1.82, 2.24) is 0 Å². The number of nitriles is 1. The summed E-state index contributed by atoms with van der Waals surface area (Å²) in [6.07, 6.45) is 1.53. The zero-order chi connectivity index (χ0) is 21.2. The van der Waals surface area contributed by atoms with Crippen molar-refractivity contribution < 1.29 is 14.3 Å². The minimum absolute atomic E-state index is 0.000689. The molecular weight excluding hydrogens is 376 g/mol. The van der Waals surface area contributed by atoms with Crippen molar-refractivity contribution >= 4 is 17.7 Å². The van der Waals surface area contributed by atoms with E-state index in [1.54, 1.807) is 30.3 Å². The highest BCUT2D eigenvalue weighted by Gasteiger charge is 2.11. The van der Waals surface area contributed by atoms with Gasteiger partial charge in [-0.15, -0.1) is 0 Å². The molecule has 0 radical (unpaired) electrons. The van der Waals surface area contributed by atoms with Crippen molar-refractivity contribution in [2.24, 2.45) is 0 Å². The van der Waals surface area contributed by atoms with Gasteiger partial charge in [0.1, 0.15) is 18.2 Å². The van der Waals surface area contributed by atoms with Crippen LogP contribution in [0.1, 0.15) is 18.1 Å². The average molecular weight is 398 g/mol. The number of anilines is 1. The number of carbonyl (C=O) groups is 1. The fourth-order valence-electron chi connectivity index (χ4n) is 2.77. The molecular formula is C25H22N2O3. The summed E-state index contributed by atoms with van der Waals surface area (Å²) in [5.74, 6) is 0.694. The number of nitrogens with one attached hydrogen (secondary N) is 1. The van der Waals surface area contributed by atoms with E-state index < -0.39 is 5.91 Å². The molecule has 0 atom stereocenters. The van der Waals surface area contributed by atoms with Gasteiger partial charge in [0.2, 0.25) is 0 Å². The molecule has 3 rings (SSSR count). The van der Waals surface area contributed by atoms with Crippen molar-refractivity contribution in [3.63, 3.8) is 0 Å². The summed E-state index contributed by atoms with van der Waals surface area (Å²) >= 11 is 0. The van der Waals surface area contributed by atoms with Gasteiger partial charge in [-0.3, -0.25) is 4.79 Å². The van der Waals surface area contributed by atoms with E-state index in [4.69, 9.17) is 9.47 Å². The van der Waals surface area contributed by atoms with Gasteiger partial charge in [-0.05, 0) is 48.4 Å². The Hall–Kier alpha value is -4.04. The number of rotatable bonds is 8. The van der Waals surface area contributed by atoms with Crippen molar-refractivity contribution in [1.29, 1.82) is 5.26 Å². The molecule has 0 aliphatic carbocycles. The zero-order valence-electron chi connectivity index (χ0n) is 16.7. The fourth-order valence-corrected chi connectivity index (χ4v) is 2.77. The molecule has 0 fully saturated rings. The van der Waals surface area contributed by atoms with Gasteiger partial charge in [0.05, 0.1) is 6.61 Å². The van der Waals surface area contributed by atoms with Crippen LogP contribution in [0.4, 0.5) is 5.69 Å². The maximum atomic E-state index is 12.4. The maximum Gasteiger partial charge on any atom is 0.266 e. The lowest BCUT2D eigenvalue weighted by Crippen LogP contribution is -2.13. The number of nitrogens with zero attached hydrogens (tertiary/aromatic N) is 1. The summed E-state index contributed by atoms with van der Waals surface area (Å²) in [5.41, 5.74) is 2.35. The summed E-state index contributed by atoms with van der Waals surface area (Å²) in [6.45, 7) is 2.77. The summed E-state index contributed by atoms with van der Waals surface area (Å²) in [5, 5.41) is 12.2. The number of carbonyl (C=O) groups excluding carboxylic acids is 1. The lowest BCUT2D eigenvalue weighted by molar-refractivity contribution is -0.112. The lowest BCUT2D eigenvalue weighted by Gasteiger charge is -2.13. The molecule has 0 unspecified atom stereocenters. The number of hydrogen-bond acceptors (Lipinski definition) is 4. The molecule has 0 heterocycles. The topological polar surface area (TPSA) is 71.3 Å². The summed E-state index contributed by atoms with van der Waals surface area (Å²) < 4.78 is 11.6. The average Bonchev–Trinajstić information content (AvgIpc) is 2.78. The first-order valence-electron chi connectivity index (χ1n) is 9.61. The Morgan fingerprint density at radius 2 is 1.67 bits per heavy atom. The maximum absolute atomic E-state index is 12.4. The molecule has 0 aliphatic heterocycles. The molecule has 1 amide bonds. The zero-order valence-corrected chi connectivity index (χ0v) is 16.7. The summed E-state index contributed by atoms with van der Waals surface area (Å²) in [7, 11) is 0. The normalized spacial score (nSPS) is 10.7. The highest BCUT2D eigenvalue weighted by Crippen LogP contribution is 2.30. The second kappa shape index (κ2) is 10.5. The molecule has 0 aliphatic rings. The second-order valence-corrected chi connectivity index (χ2v) is 6.40. The first-order chi connectivity index (χ1) is 14.7. The third-order valence-corrected chi connectivity index (χ3v) is 4.21. The third-order valence-electron chi connectivity index (χ3n) is 4.21. The highest BCUT2D eigenvalue weighted by molar-refractivity contribution is 6.09. The molecule has 5 nitrogen and oxygen atoms in total. The Kier molecular flexibility index (Phi) is 7.23. The molecule has 0 saturated carbocycles. The number of hydrogen-bond donors (Lipinski definition) is 1. The Labute approximate surface area is 176 Å². The largest absolute Gasteiger partial charge is 0.490 e. The summed E-state index contributed by atoms with van der Waals surface area (Å²) in [4.78, 5) is 12.4. The van der Waals surface area contributed by atoms with Crippen LogP contribution in [0.15, 0.2) is 84.4 Å². The molecule has 3 aromatic rings. The monoisotopic (exact) mass is 398 g/mol. The number of ether oxygens (including phenoxy) is 2. The minimum atomic E-state index is -0.467. The molecule has 1 N–H and O–H groups in total. The van der Waals surface area contributed by atoms with Crippen molar-refractivity contribution in [2.75, 3.05) is 11.9 Å². The van der Waals surface area contributed by atoms with E-state index in [0.717, 1.165) is 5.56 Å². The first kappa shape index (κ1) is 20.7. The molecule has 0 saturated heterocycles. The highest BCUT2D eigenvalue weighted by atomic mass is 16.5. The van der Waals surface area contributed by atoms with E-state index >= 15 is 0 Å². The lowest BCUT2D eigenvalue weighted by atomic mass is 10.1. The van der Waals surface area contributed by atoms with E-state index in [0.29, 0.717) is 36.0 Å². The molecule has 150 valence electrons. The van der Waals surface area contributed by atoms with E-state index in [1.165, 1.54) is 6.08 Å². The SMILES string of the molecule is CCOc1cc(/C=C(\C#N)C(=O)Nc2ccccc2)ccc1OCc1ccccc1. The van der Waals surface area contributed by atoms with Gasteiger partial charge in [-0.2, -0.15) is 5.26 Å². The molecule has 0 bridgehead atoms. The quantitative estimate of drug-likeness (QED) is 0.418. The van der Waals surface area contributed by atoms with Crippen LogP contribution in [0.25, 0.3) is 6.08 Å². The van der Waals surface area contributed by atoms with Crippen LogP contribution in [-0.4, -0.2) is 12.5 Å². The molecule has 0 spiro atoms. The Bertz CT molecular complexity index is 1050. The third kappa shape index (κ3) is 5.73. The van der Waals surface area contributed by atoms with Crippen molar-refractivity contribution in [3.05, 3.63) is 95.6 Å². The van der Waals surface area contributed by atoms with Crippen LogP contribution >= 0.6 is 0 Å². The van der Waals surface area contributed by atoms with Crippen LogP contribution in [0.3, 0.4) is 0 Å². The standard InChI is InChI=1S/C25H22N2O3/c1-2-29-24-16-20(13-14-23(24)30-18-19-9-5-3-6-10-19)15-21(17-26)25(28)27-22-11-7-4-8-12-22/h3-16H,2,18H2,1H3,(H,27,28)/b21-15+. The number of benzene rings is 3. The fraction of sp³-hybridized carbons (Fsp3) is 0.120. The molecule has 30 heavy (non-hydrogen) atoms. The van der Waals surface area contributed by atoms with Gasteiger partial charge < -0.3 is 14.8 Å². The molecule has 3 aromatic carbocycles. The molecule has 0 aromatic heterocycles. The van der Waals surface area contributed by atoms with Gasteiger partial charge in [0.25, 0.3) is 5.91 Å².